The number of hydrogen-bond acceptors (Lipinski definition) is 3. The number of rotatable bonds is 5. The second-order valence-corrected chi connectivity index (χ2v) is 5.45. The van der Waals surface area contributed by atoms with Crippen LogP contribution in [0.5, 0.6) is 0 Å². The molecule has 0 aliphatic heterocycles. The van der Waals surface area contributed by atoms with Crippen LogP contribution in [0.15, 0.2) is 18.2 Å². The van der Waals surface area contributed by atoms with E-state index in [1.165, 1.54) is 12.0 Å². The van der Waals surface area contributed by atoms with E-state index in [0.717, 1.165) is 0 Å². The molecule has 0 aliphatic rings. The summed E-state index contributed by atoms with van der Waals surface area (Å²) in [6.07, 6.45) is 0.167. The van der Waals surface area contributed by atoms with Crippen molar-refractivity contribution in [2.75, 3.05) is 20.7 Å². The van der Waals surface area contributed by atoms with Crippen LogP contribution in [-0.2, 0) is 20.7 Å². The van der Waals surface area contributed by atoms with Gasteiger partial charge < -0.3 is 9.64 Å². The van der Waals surface area contributed by atoms with Crippen molar-refractivity contribution in [2.45, 2.75) is 13.3 Å². The van der Waals surface area contributed by atoms with Gasteiger partial charge in [-0.3, -0.25) is 9.59 Å². The molecule has 1 amide bonds. The van der Waals surface area contributed by atoms with Gasteiger partial charge in [0.05, 0.1) is 19.4 Å². The Morgan fingerprint density at radius 2 is 2.00 bits per heavy atom. The fourth-order valence-corrected chi connectivity index (χ4v) is 2.23. The Kier molecular flexibility index (Phi) is 6.30. The maximum Gasteiger partial charge on any atom is 0.310 e. The van der Waals surface area contributed by atoms with Gasteiger partial charge in [0.15, 0.2) is 0 Å². The largest absolute Gasteiger partial charge is 0.469 e. The van der Waals surface area contributed by atoms with Gasteiger partial charge in [-0.1, -0.05) is 36.2 Å². The molecule has 1 aromatic rings. The number of carbonyl (C=O) groups is 2. The van der Waals surface area contributed by atoms with E-state index in [-0.39, 0.29) is 24.2 Å². The number of benzene rings is 1. The molecule has 0 saturated heterocycles. The summed E-state index contributed by atoms with van der Waals surface area (Å²) >= 11 is 11.8. The van der Waals surface area contributed by atoms with Gasteiger partial charge in [0.2, 0.25) is 5.91 Å². The SMILES string of the molecule is COC(=O)C(C)CN(C)C(=O)Cc1ccc(Cl)cc1Cl. The molecular weight excluding hydrogens is 301 g/mol. The molecule has 1 rings (SSSR count). The van der Waals surface area contributed by atoms with Gasteiger partial charge in [-0.25, -0.2) is 0 Å². The number of nitrogens with zero attached hydrogens (tertiary/aromatic N) is 1. The smallest absolute Gasteiger partial charge is 0.310 e. The first-order valence-electron chi connectivity index (χ1n) is 6.11. The van der Waals surface area contributed by atoms with Crippen LogP contribution in [0.3, 0.4) is 0 Å². The predicted molar refractivity (Wildman–Crippen MR) is 79.0 cm³/mol. The summed E-state index contributed by atoms with van der Waals surface area (Å²) in [6.45, 7) is 2.02. The van der Waals surface area contributed by atoms with Crippen LogP contribution in [0.4, 0.5) is 0 Å². The van der Waals surface area contributed by atoms with Crippen molar-refractivity contribution < 1.29 is 14.3 Å². The number of carbonyl (C=O) groups excluding carboxylic acids is 2. The highest BCUT2D eigenvalue weighted by molar-refractivity contribution is 6.35. The van der Waals surface area contributed by atoms with Crippen LogP contribution in [0, 0.1) is 5.92 Å². The van der Waals surface area contributed by atoms with Crippen molar-refractivity contribution in [1.29, 1.82) is 0 Å². The molecule has 6 heteroatoms. The number of amides is 1. The number of esters is 1. The summed E-state index contributed by atoms with van der Waals surface area (Å²) < 4.78 is 4.63. The minimum atomic E-state index is -0.366. The average Bonchev–Trinajstić information content (AvgIpc) is 2.40. The summed E-state index contributed by atoms with van der Waals surface area (Å²) in [7, 11) is 2.97. The van der Waals surface area contributed by atoms with E-state index in [0.29, 0.717) is 22.2 Å². The van der Waals surface area contributed by atoms with Crippen molar-refractivity contribution in [3.8, 4) is 0 Å². The van der Waals surface area contributed by atoms with E-state index >= 15 is 0 Å². The Balaban J connectivity index is 2.64. The molecule has 1 aromatic carbocycles. The Morgan fingerprint density at radius 3 is 2.55 bits per heavy atom. The van der Waals surface area contributed by atoms with Crippen LogP contribution in [-0.4, -0.2) is 37.5 Å². The lowest BCUT2D eigenvalue weighted by molar-refractivity contribution is -0.146. The van der Waals surface area contributed by atoms with Gasteiger partial charge in [-0.15, -0.1) is 0 Å². The molecule has 4 nitrogen and oxygen atoms in total. The van der Waals surface area contributed by atoms with E-state index in [2.05, 4.69) is 4.74 Å². The van der Waals surface area contributed by atoms with Gasteiger partial charge in [-0.05, 0) is 17.7 Å². The Hall–Kier alpha value is -1.26. The van der Waals surface area contributed by atoms with Crippen LogP contribution in [0.2, 0.25) is 10.0 Å². The summed E-state index contributed by atoms with van der Waals surface area (Å²) in [4.78, 5) is 24.9. The predicted octanol–water partition coefficient (Wildman–Crippen LogP) is 2.80. The van der Waals surface area contributed by atoms with Crippen molar-refractivity contribution in [3.05, 3.63) is 33.8 Å². The lowest BCUT2D eigenvalue weighted by Crippen LogP contribution is -2.35. The molecule has 0 heterocycles. The third-order valence-electron chi connectivity index (χ3n) is 2.93. The van der Waals surface area contributed by atoms with Crippen LogP contribution >= 0.6 is 23.2 Å². The molecule has 1 atom stereocenters. The molecule has 0 fully saturated rings. The van der Waals surface area contributed by atoms with Gasteiger partial charge in [0, 0.05) is 23.6 Å². The van der Waals surface area contributed by atoms with Crippen molar-refractivity contribution >= 4 is 35.1 Å². The second kappa shape index (κ2) is 7.50. The summed E-state index contributed by atoms with van der Waals surface area (Å²) in [5.41, 5.74) is 0.707. The topological polar surface area (TPSA) is 46.6 Å². The van der Waals surface area contributed by atoms with Crippen molar-refractivity contribution in [2.24, 2.45) is 5.92 Å². The molecule has 0 saturated carbocycles. The average molecular weight is 318 g/mol. The van der Waals surface area contributed by atoms with Gasteiger partial charge in [-0.2, -0.15) is 0 Å². The highest BCUT2D eigenvalue weighted by Gasteiger charge is 2.19. The van der Waals surface area contributed by atoms with E-state index in [4.69, 9.17) is 23.2 Å². The number of hydrogen-bond donors (Lipinski definition) is 0. The second-order valence-electron chi connectivity index (χ2n) is 4.61. The standard InChI is InChI=1S/C14H17Cl2NO3/c1-9(14(19)20-3)8-17(2)13(18)6-10-4-5-11(15)7-12(10)16/h4-5,7,9H,6,8H2,1-3H3. The normalized spacial score (nSPS) is 11.8. The molecule has 20 heavy (non-hydrogen) atoms. The summed E-state index contributed by atoms with van der Waals surface area (Å²) in [5, 5.41) is 0.985. The summed E-state index contributed by atoms with van der Waals surface area (Å²) in [5.74, 6) is -0.825. The number of halogens is 2. The first kappa shape index (κ1) is 16.8. The van der Waals surface area contributed by atoms with Crippen LogP contribution in [0.25, 0.3) is 0 Å². The monoisotopic (exact) mass is 317 g/mol. The first-order valence-corrected chi connectivity index (χ1v) is 6.86. The Morgan fingerprint density at radius 1 is 1.35 bits per heavy atom. The summed E-state index contributed by atoms with van der Waals surface area (Å²) in [6, 6.07) is 5.01. The molecule has 0 bridgehead atoms. The van der Waals surface area contributed by atoms with Gasteiger partial charge >= 0.3 is 5.97 Å². The maximum atomic E-state index is 12.1. The van der Waals surface area contributed by atoms with Crippen molar-refractivity contribution in [1.82, 2.24) is 4.90 Å². The third kappa shape index (κ3) is 4.69. The van der Waals surface area contributed by atoms with E-state index < -0.39 is 0 Å². The minimum Gasteiger partial charge on any atom is -0.469 e. The number of ether oxygens (including phenoxy) is 1. The molecule has 1 unspecified atom stereocenters. The number of methoxy groups -OCH3 is 1. The van der Waals surface area contributed by atoms with E-state index in [1.807, 2.05) is 0 Å². The Bertz CT molecular complexity index is 505. The molecule has 110 valence electrons. The zero-order valence-corrected chi connectivity index (χ0v) is 13.2. The fourth-order valence-electron chi connectivity index (χ4n) is 1.75. The lowest BCUT2D eigenvalue weighted by Gasteiger charge is -2.20. The van der Waals surface area contributed by atoms with Crippen LogP contribution in [0.1, 0.15) is 12.5 Å². The molecule has 0 radical (unpaired) electrons. The minimum absolute atomic E-state index is 0.120. The lowest BCUT2D eigenvalue weighted by atomic mass is 10.1. The highest BCUT2D eigenvalue weighted by Crippen LogP contribution is 2.21. The quantitative estimate of drug-likeness (QED) is 0.784. The van der Waals surface area contributed by atoms with Gasteiger partial charge in [0.25, 0.3) is 0 Å². The van der Waals surface area contributed by atoms with Crippen LogP contribution < -0.4 is 0 Å². The maximum absolute atomic E-state index is 12.1. The molecule has 0 N–H and O–H groups in total. The van der Waals surface area contributed by atoms with Gasteiger partial charge in [0.1, 0.15) is 0 Å². The van der Waals surface area contributed by atoms with E-state index in [9.17, 15) is 9.59 Å². The number of likely N-dealkylation sites (N-methyl/N-ethyl adjacent to an activating group) is 1. The zero-order valence-electron chi connectivity index (χ0n) is 11.7. The Labute approximate surface area is 128 Å². The first-order chi connectivity index (χ1) is 9.35. The zero-order chi connectivity index (χ0) is 15.3. The third-order valence-corrected chi connectivity index (χ3v) is 3.52. The van der Waals surface area contributed by atoms with Crippen molar-refractivity contribution in [3.63, 3.8) is 0 Å². The fraction of sp³-hybridized carbons (Fsp3) is 0.429. The highest BCUT2D eigenvalue weighted by atomic mass is 35.5. The molecular formula is C14H17Cl2NO3. The van der Waals surface area contributed by atoms with E-state index in [1.54, 1.807) is 32.2 Å². The molecule has 0 spiro atoms. The molecule has 0 aromatic heterocycles. The molecule has 0 aliphatic carbocycles.